The Morgan fingerprint density at radius 1 is 1.16 bits per heavy atom. The Hall–Kier alpha value is -1.76. The second-order valence-corrected chi connectivity index (χ2v) is 6.45. The van der Waals surface area contributed by atoms with Gasteiger partial charge in [0.2, 0.25) is 0 Å². The minimum atomic E-state index is -3.86. The maximum atomic E-state index is 11.8. The molecule has 6 nitrogen and oxygen atoms in total. The molecule has 1 fully saturated rings. The Labute approximate surface area is 111 Å². The molecule has 2 aliphatic rings. The highest BCUT2D eigenvalue weighted by Gasteiger charge is 2.35. The van der Waals surface area contributed by atoms with Gasteiger partial charge in [0.1, 0.15) is 12.3 Å². The number of phenols is 1. The molecule has 102 valence electrons. The molecule has 19 heavy (non-hydrogen) atoms. The van der Waals surface area contributed by atoms with Crippen LogP contribution in [-0.4, -0.2) is 26.0 Å². The Kier molecular flexibility index (Phi) is 2.67. The Morgan fingerprint density at radius 3 is 2.37 bits per heavy atom. The molecule has 0 saturated carbocycles. The van der Waals surface area contributed by atoms with E-state index < -0.39 is 16.1 Å². The number of benzene rings is 1. The van der Waals surface area contributed by atoms with Crippen LogP contribution < -0.4 is 9.03 Å². The number of carbonyl (C=O) groups excluding carboxylic acids is 1. The van der Waals surface area contributed by atoms with Crippen molar-refractivity contribution < 1.29 is 18.3 Å². The van der Waals surface area contributed by atoms with Gasteiger partial charge in [-0.05, 0) is 48.9 Å². The summed E-state index contributed by atoms with van der Waals surface area (Å²) in [6.07, 6.45) is 3.90. The summed E-state index contributed by atoms with van der Waals surface area (Å²) in [7, 11) is -3.86. The molecule has 0 atom stereocenters. The number of aromatic hydroxyl groups is 1. The Morgan fingerprint density at radius 2 is 1.79 bits per heavy atom. The van der Waals surface area contributed by atoms with Crippen molar-refractivity contribution in [1.29, 1.82) is 0 Å². The molecule has 1 aromatic rings. The third-order valence-electron chi connectivity index (χ3n) is 3.53. The maximum absolute atomic E-state index is 11.8. The predicted octanol–water partition coefficient (Wildman–Crippen LogP) is 0.452. The zero-order chi connectivity index (χ0) is 13.6. The van der Waals surface area contributed by atoms with Crippen molar-refractivity contribution in [3.8, 4) is 5.75 Å². The van der Waals surface area contributed by atoms with Gasteiger partial charge in [-0.25, -0.2) is 9.03 Å². The molecule has 2 N–H and O–H groups in total. The first-order valence-corrected chi connectivity index (χ1v) is 7.59. The summed E-state index contributed by atoms with van der Waals surface area (Å²) in [5.41, 5.74) is 2.29. The average Bonchev–Trinajstić information content (AvgIpc) is 2.61. The molecule has 1 aliphatic heterocycles. The number of hydrogen-bond acceptors (Lipinski definition) is 4. The average molecular weight is 282 g/mol. The summed E-state index contributed by atoms with van der Waals surface area (Å²) in [5.74, 6) is -0.683. The lowest BCUT2D eigenvalue weighted by Gasteiger charge is -2.21. The fraction of sp³-hybridized carbons (Fsp3) is 0.417. The number of hydrogen-bond donors (Lipinski definition) is 2. The fourth-order valence-electron chi connectivity index (χ4n) is 2.62. The number of amides is 1. The first kappa shape index (κ1) is 12.3. The minimum Gasteiger partial charge on any atom is -0.506 e. The highest BCUT2D eigenvalue weighted by atomic mass is 32.2. The van der Waals surface area contributed by atoms with E-state index in [2.05, 4.69) is 0 Å². The zero-order valence-electron chi connectivity index (χ0n) is 10.2. The number of phenolic OH excluding ortho intramolecular Hbond substituents is 1. The fourth-order valence-corrected chi connectivity index (χ4v) is 3.78. The molecule has 1 saturated heterocycles. The molecule has 1 heterocycles. The smallest absolute Gasteiger partial charge is 0.326 e. The monoisotopic (exact) mass is 282 g/mol. The largest absolute Gasteiger partial charge is 0.506 e. The normalized spacial score (nSPS) is 21.1. The van der Waals surface area contributed by atoms with Gasteiger partial charge in [0.25, 0.3) is 5.91 Å². The molecule has 0 unspecified atom stereocenters. The van der Waals surface area contributed by atoms with E-state index in [1.165, 1.54) is 0 Å². The molecule has 1 aromatic carbocycles. The van der Waals surface area contributed by atoms with Crippen LogP contribution >= 0.6 is 0 Å². The second kappa shape index (κ2) is 4.12. The number of nitrogens with one attached hydrogen (secondary N) is 1. The molecule has 1 amide bonds. The van der Waals surface area contributed by atoms with E-state index in [4.69, 9.17) is 0 Å². The molecule has 0 spiro atoms. The van der Waals surface area contributed by atoms with Crippen molar-refractivity contribution in [1.82, 2.24) is 4.72 Å². The van der Waals surface area contributed by atoms with Crippen molar-refractivity contribution in [2.75, 3.05) is 10.8 Å². The summed E-state index contributed by atoms with van der Waals surface area (Å²) in [5, 5.41) is 10.0. The maximum Gasteiger partial charge on any atom is 0.326 e. The van der Waals surface area contributed by atoms with E-state index >= 15 is 0 Å². The third kappa shape index (κ3) is 2.03. The quantitative estimate of drug-likeness (QED) is 0.783. The van der Waals surface area contributed by atoms with Crippen LogP contribution in [0.4, 0.5) is 5.69 Å². The lowest BCUT2D eigenvalue weighted by atomic mass is 9.91. The molecule has 7 heteroatoms. The van der Waals surface area contributed by atoms with Crippen LogP contribution in [-0.2, 0) is 27.8 Å². The Bertz CT molecular complexity index is 654. The number of aryl methyl sites for hydroxylation is 2. The summed E-state index contributed by atoms with van der Waals surface area (Å²) in [6.45, 7) is -0.283. The van der Waals surface area contributed by atoms with E-state index in [-0.39, 0.29) is 18.0 Å². The highest BCUT2D eigenvalue weighted by molar-refractivity contribution is 7.92. The van der Waals surface area contributed by atoms with Gasteiger partial charge in [0, 0.05) is 0 Å². The molecule has 3 rings (SSSR count). The van der Waals surface area contributed by atoms with E-state index in [9.17, 15) is 18.3 Å². The summed E-state index contributed by atoms with van der Waals surface area (Å²) in [4.78, 5) is 11.2. The van der Waals surface area contributed by atoms with E-state index in [0.29, 0.717) is 0 Å². The number of carbonyl (C=O) groups is 1. The first-order valence-electron chi connectivity index (χ1n) is 6.15. The second-order valence-electron chi connectivity index (χ2n) is 4.85. The van der Waals surface area contributed by atoms with Gasteiger partial charge >= 0.3 is 10.2 Å². The molecule has 1 aliphatic carbocycles. The molecular weight excluding hydrogens is 268 g/mol. The van der Waals surface area contributed by atoms with Crippen LogP contribution in [0.25, 0.3) is 0 Å². The van der Waals surface area contributed by atoms with Gasteiger partial charge in [-0.1, -0.05) is 0 Å². The van der Waals surface area contributed by atoms with E-state index in [0.717, 1.165) is 41.1 Å². The number of anilines is 1. The minimum absolute atomic E-state index is 0.0966. The van der Waals surface area contributed by atoms with Crippen LogP contribution in [0.1, 0.15) is 24.0 Å². The van der Waals surface area contributed by atoms with Gasteiger partial charge in [-0.15, -0.1) is 0 Å². The number of fused-ring (bicyclic) bond motifs is 1. The molecule has 0 radical (unpaired) electrons. The van der Waals surface area contributed by atoms with Crippen molar-refractivity contribution in [2.24, 2.45) is 0 Å². The summed E-state index contributed by atoms with van der Waals surface area (Å²) in [6, 6.07) is 3.30. The van der Waals surface area contributed by atoms with Crippen LogP contribution in [0.5, 0.6) is 5.75 Å². The third-order valence-corrected chi connectivity index (χ3v) is 4.92. The van der Waals surface area contributed by atoms with E-state index in [1.54, 1.807) is 12.1 Å². The van der Waals surface area contributed by atoms with E-state index in [1.807, 2.05) is 4.72 Å². The predicted molar refractivity (Wildman–Crippen MR) is 69.2 cm³/mol. The van der Waals surface area contributed by atoms with Crippen LogP contribution in [0.2, 0.25) is 0 Å². The molecule has 0 bridgehead atoms. The van der Waals surface area contributed by atoms with Gasteiger partial charge in [0.05, 0.1) is 5.69 Å². The van der Waals surface area contributed by atoms with Crippen molar-refractivity contribution in [2.45, 2.75) is 25.7 Å². The summed E-state index contributed by atoms with van der Waals surface area (Å²) < 4.78 is 26.4. The SMILES string of the molecule is O=C1CN(c2cc3c(cc2O)CCCC3)S(=O)(=O)N1. The highest BCUT2D eigenvalue weighted by Crippen LogP contribution is 2.36. The molecule has 0 aromatic heterocycles. The van der Waals surface area contributed by atoms with Crippen LogP contribution in [0, 0.1) is 0 Å². The lowest BCUT2D eigenvalue weighted by molar-refractivity contribution is -0.117. The lowest BCUT2D eigenvalue weighted by Crippen LogP contribution is -2.29. The van der Waals surface area contributed by atoms with Crippen molar-refractivity contribution >= 4 is 21.8 Å². The number of rotatable bonds is 1. The summed E-state index contributed by atoms with van der Waals surface area (Å²) >= 11 is 0. The van der Waals surface area contributed by atoms with Crippen molar-refractivity contribution in [3.63, 3.8) is 0 Å². The van der Waals surface area contributed by atoms with Crippen molar-refractivity contribution in [3.05, 3.63) is 23.3 Å². The zero-order valence-corrected chi connectivity index (χ0v) is 11.0. The van der Waals surface area contributed by atoms with Crippen LogP contribution in [0.3, 0.4) is 0 Å². The van der Waals surface area contributed by atoms with Gasteiger partial charge in [-0.3, -0.25) is 4.79 Å². The van der Waals surface area contributed by atoms with Gasteiger partial charge in [0.15, 0.2) is 0 Å². The topological polar surface area (TPSA) is 86.7 Å². The Balaban J connectivity index is 2.08. The molecular formula is C12H14N2O4S. The van der Waals surface area contributed by atoms with Gasteiger partial charge in [-0.2, -0.15) is 8.42 Å². The first-order chi connectivity index (χ1) is 8.97. The van der Waals surface area contributed by atoms with Gasteiger partial charge < -0.3 is 5.11 Å². The van der Waals surface area contributed by atoms with Crippen LogP contribution in [0.15, 0.2) is 12.1 Å². The standard InChI is InChI=1S/C12H14N2O4S/c15-11-6-9-4-2-1-3-8(9)5-10(11)14-7-12(16)13-19(14,17)18/h5-6,15H,1-4,7H2,(H,13,16). The number of nitrogens with zero attached hydrogens (tertiary/aromatic N) is 1.